The summed E-state index contributed by atoms with van der Waals surface area (Å²) in [6.45, 7) is 10.2. The summed E-state index contributed by atoms with van der Waals surface area (Å²) >= 11 is 3.75. The van der Waals surface area contributed by atoms with Gasteiger partial charge in [0.2, 0.25) is 70.9 Å². The third-order valence-corrected chi connectivity index (χ3v) is 24.9. The molecule has 8 rings (SSSR count). The molecule has 32 nitrogen and oxygen atoms in total. The molecule has 6 aliphatic rings. The molecule has 16 amide bonds. The second-order valence-electron chi connectivity index (χ2n) is 31.1. The Morgan fingerprint density at radius 1 is 0.350 bits per heavy atom. The van der Waals surface area contributed by atoms with Crippen LogP contribution in [0.3, 0.4) is 0 Å². The minimum atomic E-state index is -0.630. The molecule has 0 aliphatic carbocycles. The van der Waals surface area contributed by atoms with E-state index in [4.69, 9.17) is 0 Å². The molecule has 0 aromatic carbocycles. The first-order valence-corrected chi connectivity index (χ1v) is 44.8. The Bertz CT molecular complexity index is 3240. The largest absolute Gasteiger partial charge is 0.356 e. The van der Waals surface area contributed by atoms with Crippen molar-refractivity contribution >= 4 is 187 Å². The van der Waals surface area contributed by atoms with E-state index in [0.717, 1.165) is 139 Å². The van der Waals surface area contributed by atoms with Gasteiger partial charge in [0.25, 0.3) is 0 Å². The van der Waals surface area contributed by atoms with Crippen LogP contribution < -0.4 is 74.4 Å². The van der Waals surface area contributed by atoms with Crippen molar-refractivity contribution in [3.63, 3.8) is 0 Å². The van der Waals surface area contributed by atoms with Gasteiger partial charge < -0.3 is 84.2 Å². The number of unbranched alkanes of at least 4 members (excludes halogenated alkanes) is 6. The zero-order chi connectivity index (χ0) is 83.1. The van der Waals surface area contributed by atoms with Crippen molar-refractivity contribution in [3.05, 3.63) is 60.2 Å². The van der Waals surface area contributed by atoms with Gasteiger partial charge >= 0.3 is 12.1 Å². The molecule has 0 saturated carbocycles. The summed E-state index contributed by atoms with van der Waals surface area (Å²) in [4.78, 5) is 184. The molecule has 10 atom stereocenters. The second-order valence-corrected chi connectivity index (χ2v) is 33.6. The van der Waals surface area contributed by atoms with Crippen molar-refractivity contribution in [2.45, 2.75) is 285 Å². The number of urea groups is 2. The number of amides is 16. The van der Waals surface area contributed by atoms with Crippen LogP contribution in [-0.4, -0.2) is 240 Å². The van der Waals surface area contributed by atoms with E-state index >= 15 is 0 Å². The molecule has 8 heterocycles. The lowest BCUT2D eigenvalue weighted by Gasteiger charge is -2.28. The number of hydrogen-bond donors (Lipinski definition) is 14. The number of rotatable bonds is 54. The number of carbonyl (C=O) groups is 14. The highest BCUT2D eigenvalue weighted by atomic mass is 32.2. The Morgan fingerprint density at radius 3 is 0.870 bits per heavy atom. The number of aromatic nitrogens is 2. The summed E-state index contributed by atoms with van der Waals surface area (Å²) < 4.78 is 0. The van der Waals surface area contributed by atoms with Crippen LogP contribution in [0.2, 0.25) is 0 Å². The minimum Gasteiger partial charge on any atom is -0.356 e. The van der Waals surface area contributed by atoms with Gasteiger partial charge in [-0.1, -0.05) is 47.0 Å². The van der Waals surface area contributed by atoms with Gasteiger partial charge in [-0.25, -0.2) is 9.59 Å². The first-order chi connectivity index (χ1) is 56.2. The van der Waals surface area contributed by atoms with Crippen LogP contribution in [0.5, 0.6) is 0 Å². The SMILES string of the molecule is C.C[C@@H](c1ccncc1)[C@@H](NC(=O)CCCCCNC(=O)CCCNC(=O)CCCNC(=O)CCCNC(=O)CCCC[C@@H]1SC[C@@H]2NC(=O)N[C@@H]21)C(=O)N1CCCC1.C[C@H](c1ccncc1)[C@H](NC(=O)CCCCCNC(=O)CCCNC(=O)CCCNC(=O)CCCNC(=O)CCCC[C@@H]1SC[C@@H]2NC(=O)N[C@@H]21)C(=O)N1CCCC1.S.S.S.S.S.S. The monoisotopic (exact) mass is 1870 g/mol. The van der Waals surface area contributed by atoms with Crippen LogP contribution in [0.1, 0.15) is 250 Å². The highest BCUT2D eigenvalue weighted by molar-refractivity contribution is 8.00. The van der Waals surface area contributed by atoms with Gasteiger partial charge in [0.05, 0.1) is 24.2 Å². The fraction of sp³-hybridized carbons (Fsp3) is 0.711. The lowest BCUT2D eigenvalue weighted by Crippen LogP contribution is -2.50. The average molecular weight is 1880 g/mol. The molecule has 0 spiro atoms. The van der Waals surface area contributed by atoms with E-state index in [-0.39, 0.29) is 220 Å². The Hall–Kier alpha value is -6.72. The summed E-state index contributed by atoms with van der Waals surface area (Å²) in [6, 6.07) is 6.87. The van der Waals surface area contributed by atoms with Crippen LogP contribution in [0.15, 0.2) is 49.1 Å². The third-order valence-electron chi connectivity index (χ3n) is 21.8. The molecule has 0 radical (unpaired) electrons. The third kappa shape index (κ3) is 46.0. The van der Waals surface area contributed by atoms with Gasteiger partial charge in [-0.3, -0.25) is 67.5 Å². The van der Waals surface area contributed by atoms with Gasteiger partial charge in [0, 0.05) is 201 Å². The molecule has 6 fully saturated rings. The van der Waals surface area contributed by atoms with Crippen LogP contribution in [0.25, 0.3) is 0 Å². The minimum absolute atomic E-state index is 0. The topological polar surface area (TPSA) is 440 Å². The van der Waals surface area contributed by atoms with E-state index in [2.05, 4.69) is 84.4 Å². The fourth-order valence-corrected chi connectivity index (χ4v) is 18.1. The zero-order valence-electron chi connectivity index (χ0n) is 71.2. The molecule has 123 heavy (non-hydrogen) atoms. The maximum absolute atomic E-state index is 13.3. The normalized spacial score (nSPS) is 18.2. The van der Waals surface area contributed by atoms with Gasteiger partial charge in [0.15, 0.2) is 0 Å². The Labute approximate surface area is 778 Å². The van der Waals surface area contributed by atoms with Gasteiger partial charge in [0.1, 0.15) is 12.1 Å². The Kier molecular flexibility index (Phi) is 63.9. The highest BCUT2D eigenvalue weighted by Crippen LogP contribution is 2.35. The fourth-order valence-electron chi connectivity index (χ4n) is 15.0. The van der Waals surface area contributed by atoms with E-state index in [9.17, 15) is 67.1 Å². The number of hydrogen-bond acceptors (Lipinski definition) is 18. The highest BCUT2D eigenvalue weighted by Gasteiger charge is 2.44. The van der Waals surface area contributed by atoms with E-state index in [1.807, 2.05) is 71.4 Å². The summed E-state index contributed by atoms with van der Waals surface area (Å²) in [7, 11) is 0. The quantitative estimate of drug-likeness (QED) is 0.0263. The first kappa shape index (κ1) is 116. The van der Waals surface area contributed by atoms with Crippen LogP contribution in [0.4, 0.5) is 9.59 Å². The van der Waals surface area contributed by atoms with Gasteiger partial charge in [-0.05, 0) is 151 Å². The number of carbonyl (C=O) groups excluding carboxylic acids is 14. The smallest absolute Gasteiger partial charge is 0.315 e. The predicted molar refractivity (Wildman–Crippen MR) is 514 cm³/mol. The number of likely N-dealkylation sites (tertiary alicyclic amines) is 2. The van der Waals surface area contributed by atoms with Crippen molar-refractivity contribution in [1.82, 2.24) is 94.2 Å². The lowest BCUT2D eigenvalue weighted by atomic mass is 9.92. The maximum atomic E-state index is 13.3. The molecule has 2 aromatic heterocycles. The van der Waals surface area contributed by atoms with Crippen LogP contribution >= 0.6 is 104 Å². The standard InChI is InChI=1S/2C41H65N9O7S.CH4.6H2S/c2*1-29(30-18-24-42-25-19-30)38(40(56)50-26-7-8-27-50)48-37(55)14-3-2-6-20-43-34(52)15-9-22-45-36(54)17-11-23-46-35(53)16-10-21-44-33(51)13-5-4-12-32-39-31(28-58-32)47-41(57)49-39;;;;;;;/h2*18-19,24-25,29,31-32,38-39H,2-17,20-23,26-28H2,1H3,(H,43,52)(H,44,51)(H,45,54)(H,46,53)(H,48,55)(H2,47,49,57);1H4;6*1H2/t29-,31+,32+,38+,39+;29-,31-,32-,38+,39-;;;;;;;/m10......./s1. The van der Waals surface area contributed by atoms with Crippen molar-refractivity contribution in [3.8, 4) is 0 Å². The zero-order valence-corrected chi connectivity index (χ0v) is 78.9. The predicted octanol–water partition coefficient (Wildman–Crippen LogP) is 6.08. The van der Waals surface area contributed by atoms with Crippen molar-refractivity contribution < 1.29 is 67.1 Å². The Balaban J connectivity index is 0.00000229. The molecule has 0 bridgehead atoms. The van der Waals surface area contributed by atoms with E-state index in [1.54, 1.807) is 24.8 Å². The van der Waals surface area contributed by atoms with E-state index in [1.165, 1.54) is 0 Å². The summed E-state index contributed by atoms with van der Waals surface area (Å²) in [5.41, 5.74) is 1.90. The number of nitrogens with zero attached hydrogens (tertiary/aromatic N) is 4. The molecule has 0 unspecified atom stereocenters. The van der Waals surface area contributed by atoms with Crippen molar-refractivity contribution in [1.29, 1.82) is 0 Å². The number of thioether (sulfide) groups is 2. The molecule has 6 saturated heterocycles. The van der Waals surface area contributed by atoms with Crippen LogP contribution in [0, 0.1) is 0 Å². The maximum Gasteiger partial charge on any atom is 0.315 e. The summed E-state index contributed by atoms with van der Waals surface area (Å²) in [5.74, 6) is 0.394. The molecule has 40 heteroatoms. The van der Waals surface area contributed by atoms with Crippen molar-refractivity contribution in [2.75, 3.05) is 90.0 Å². The molecule has 6 aliphatic heterocycles. The molecule has 2 aromatic rings. The first-order valence-electron chi connectivity index (χ1n) is 42.7. The van der Waals surface area contributed by atoms with Gasteiger partial charge in [-0.2, -0.15) is 104 Å². The number of fused-ring (bicyclic) bond motifs is 2. The summed E-state index contributed by atoms with van der Waals surface area (Å²) in [6.07, 6.45) is 26.7. The van der Waals surface area contributed by atoms with E-state index in [0.29, 0.717) is 166 Å². The molecule has 700 valence electrons. The van der Waals surface area contributed by atoms with Crippen molar-refractivity contribution in [2.24, 2.45) is 0 Å². The molecular weight excluding hydrogens is 1730 g/mol. The number of nitrogens with one attached hydrogen (secondary N) is 14. The Morgan fingerprint density at radius 2 is 0.593 bits per heavy atom. The summed E-state index contributed by atoms with van der Waals surface area (Å²) in [5, 5.41) is 41.4. The number of pyridine rings is 2. The average Bonchev–Trinajstić information content (AvgIpc) is 1.70. The second kappa shape index (κ2) is 67.6. The lowest BCUT2D eigenvalue weighted by molar-refractivity contribution is -0.136. The molecular formula is C83H146N18O14S8. The molecule has 14 N–H and O–H groups in total. The van der Waals surface area contributed by atoms with Gasteiger partial charge in [-0.15, -0.1) is 0 Å². The van der Waals surface area contributed by atoms with Crippen LogP contribution in [-0.2, 0) is 57.5 Å². The van der Waals surface area contributed by atoms with E-state index < -0.39 is 12.1 Å².